The van der Waals surface area contributed by atoms with E-state index in [4.69, 9.17) is 16.7 Å². The van der Waals surface area contributed by atoms with Gasteiger partial charge in [0.1, 0.15) is 17.1 Å². The molecule has 1 fully saturated rings. The van der Waals surface area contributed by atoms with Gasteiger partial charge in [-0.2, -0.15) is 0 Å². The Kier molecular flexibility index (Phi) is 3.93. The molecule has 0 spiro atoms. The number of hydrogen-bond donors (Lipinski definition) is 2. The van der Waals surface area contributed by atoms with Crippen LogP contribution in [0.4, 0.5) is 10.5 Å². The lowest BCUT2D eigenvalue weighted by Crippen LogP contribution is -2.48. The summed E-state index contributed by atoms with van der Waals surface area (Å²) in [4.78, 5) is 26.0. The number of carbonyl (C=O) groups is 1. The second-order valence-corrected chi connectivity index (χ2v) is 6.27. The second kappa shape index (κ2) is 6.25. The van der Waals surface area contributed by atoms with Gasteiger partial charge in [-0.1, -0.05) is 23.7 Å². The molecule has 0 bridgehead atoms. The lowest BCUT2D eigenvalue weighted by atomic mass is 10.1. The highest BCUT2D eigenvalue weighted by molar-refractivity contribution is 6.34. The van der Waals surface area contributed by atoms with Crippen molar-refractivity contribution < 1.29 is 9.90 Å². The molecule has 2 N–H and O–H groups in total. The van der Waals surface area contributed by atoms with Gasteiger partial charge >= 0.3 is 6.09 Å². The molecule has 7 nitrogen and oxygen atoms in total. The average molecular weight is 358 g/mol. The quantitative estimate of drug-likeness (QED) is 0.688. The summed E-state index contributed by atoms with van der Waals surface area (Å²) in [6.45, 7) is 2.44. The molecule has 25 heavy (non-hydrogen) atoms. The van der Waals surface area contributed by atoms with E-state index in [2.05, 4.69) is 19.9 Å². The first-order valence-corrected chi connectivity index (χ1v) is 8.32. The van der Waals surface area contributed by atoms with E-state index in [-0.39, 0.29) is 0 Å². The first-order chi connectivity index (χ1) is 12.1. The van der Waals surface area contributed by atoms with Crippen molar-refractivity contribution in [1.29, 1.82) is 0 Å². The lowest BCUT2D eigenvalue weighted by molar-refractivity contribution is 0.142. The van der Waals surface area contributed by atoms with Gasteiger partial charge in [0.2, 0.25) is 0 Å². The molecule has 3 aromatic rings. The van der Waals surface area contributed by atoms with Crippen LogP contribution in [0.3, 0.4) is 0 Å². The Morgan fingerprint density at radius 3 is 2.48 bits per heavy atom. The van der Waals surface area contributed by atoms with E-state index in [1.54, 1.807) is 0 Å². The molecular weight excluding hydrogens is 342 g/mol. The fourth-order valence-electron chi connectivity index (χ4n) is 3.07. The number of aromatic nitrogens is 3. The number of halogens is 1. The van der Waals surface area contributed by atoms with Crippen LogP contribution < -0.4 is 4.90 Å². The van der Waals surface area contributed by atoms with E-state index in [0.29, 0.717) is 37.0 Å². The largest absolute Gasteiger partial charge is 0.465 e. The molecule has 128 valence electrons. The third-order valence-corrected chi connectivity index (χ3v) is 4.77. The molecule has 1 aromatic carbocycles. The minimum absolute atomic E-state index is 0.431. The summed E-state index contributed by atoms with van der Waals surface area (Å²) >= 11 is 6.10. The average Bonchev–Trinajstić information content (AvgIpc) is 3.08. The monoisotopic (exact) mass is 357 g/mol. The fraction of sp³-hybridized carbons (Fsp3) is 0.235. The molecule has 2 aromatic heterocycles. The summed E-state index contributed by atoms with van der Waals surface area (Å²) in [6, 6.07) is 10.1. The van der Waals surface area contributed by atoms with E-state index >= 15 is 0 Å². The van der Waals surface area contributed by atoms with Crippen molar-refractivity contribution >= 4 is 34.4 Å². The number of hydrogen-bond acceptors (Lipinski definition) is 4. The number of carboxylic acid groups (broad SMARTS) is 1. The van der Waals surface area contributed by atoms with Crippen LogP contribution in [0.15, 0.2) is 36.7 Å². The molecule has 0 aliphatic carbocycles. The Morgan fingerprint density at radius 1 is 1.12 bits per heavy atom. The van der Waals surface area contributed by atoms with Crippen LogP contribution >= 0.6 is 11.6 Å². The van der Waals surface area contributed by atoms with Crippen LogP contribution in [0.5, 0.6) is 0 Å². The summed E-state index contributed by atoms with van der Waals surface area (Å²) in [7, 11) is 0. The normalized spacial score (nSPS) is 14.9. The SMILES string of the molecule is O=C(O)N1CCN(c2ccc(-c3cc4c(Cl)ncnc4[nH]3)cc2)CC1. The number of amides is 1. The number of nitrogens with zero attached hydrogens (tertiary/aromatic N) is 4. The van der Waals surface area contributed by atoms with Crippen molar-refractivity contribution in [2.75, 3.05) is 31.1 Å². The molecule has 1 amide bonds. The molecule has 3 heterocycles. The molecular formula is C17H16ClN5O2. The van der Waals surface area contributed by atoms with Crippen LogP contribution in [-0.4, -0.2) is 57.2 Å². The zero-order chi connectivity index (χ0) is 17.4. The van der Waals surface area contributed by atoms with E-state index in [9.17, 15) is 4.79 Å². The number of H-pyrrole nitrogens is 1. The standard InChI is InChI=1S/C17H16ClN5O2/c18-15-13-9-14(21-16(13)20-10-19-15)11-1-3-12(4-2-11)22-5-7-23(8-6-22)17(24)25/h1-4,9-10H,5-8H2,(H,24,25)(H,19,20,21). The molecule has 0 radical (unpaired) electrons. The highest BCUT2D eigenvalue weighted by atomic mass is 35.5. The Morgan fingerprint density at radius 2 is 1.84 bits per heavy atom. The minimum Gasteiger partial charge on any atom is -0.465 e. The van der Waals surface area contributed by atoms with Gasteiger partial charge in [-0.05, 0) is 23.8 Å². The van der Waals surface area contributed by atoms with E-state index in [1.165, 1.54) is 11.2 Å². The number of piperazine rings is 1. The van der Waals surface area contributed by atoms with Gasteiger partial charge in [0, 0.05) is 37.6 Å². The maximum atomic E-state index is 11.0. The van der Waals surface area contributed by atoms with Crippen molar-refractivity contribution in [3.63, 3.8) is 0 Å². The Labute approximate surface area is 148 Å². The summed E-state index contributed by atoms with van der Waals surface area (Å²) in [5.74, 6) is 0. The lowest BCUT2D eigenvalue weighted by Gasteiger charge is -2.34. The van der Waals surface area contributed by atoms with E-state index in [0.717, 1.165) is 22.3 Å². The Bertz CT molecular complexity index is 916. The van der Waals surface area contributed by atoms with Crippen molar-refractivity contribution in [2.24, 2.45) is 0 Å². The number of aromatic amines is 1. The zero-order valence-electron chi connectivity index (χ0n) is 13.3. The fourth-order valence-corrected chi connectivity index (χ4v) is 3.26. The number of benzene rings is 1. The molecule has 0 atom stereocenters. The van der Waals surface area contributed by atoms with Crippen molar-refractivity contribution in [2.45, 2.75) is 0 Å². The molecule has 4 rings (SSSR count). The van der Waals surface area contributed by atoms with Gasteiger partial charge in [-0.25, -0.2) is 14.8 Å². The van der Waals surface area contributed by atoms with Gasteiger partial charge in [0.25, 0.3) is 0 Å². The highest BCUT2D eigenvalue weighted by Gasteiger charge is 2.20. The van der Waals surface area contributed by atoms with Crippen molar-refractivity contribution in [3.8, 4) is 11.3 Å². The van der Waals surface area contributed by atoms with E-state index in [1.807, 2.05) is 30.3 Å². The number of rotatable bonds is 2. The van der Waals surface area contributed by atoms with Gasteiger partial charge in [-0.3, -0.25) is 0 Å². The smallest absolute Gasteiger partial charge is 0.407 e. The Hall–Kier alpha value is -2.80. The van der Waals surface area contributed by atoms with Gasteiger partial charge in [0.05, 0.1) is 5.39 Å². The number of anilines is 1. The van der Waals surface area contributed by atoms with E-state index < -0.39 is 6.09 Å². The summed E-state index contributed by atoms with van der Waals surface area (Å²) < 4.78 is 0. The number of nitrogens with one attached hydrogen (secondary N) is 1. The molecule has 1 aliphatic heterocycles. The van der Waals surface area contributed by atoms with Crippen LogP contribution in [-0.2, 0) is 0 Å². The zero-order valence-corrected chi connectivity index (χ0v) is 14.1. The molecule has 1 aliphatic rings. The molecule has 1 saturated heterocycles. The molecule has 0 unspecified atom stereocenters. The third-order valence-electron chi connectivity index (χ3n) is 4.47. The summed E-state index contributed by atoms with van der Waals surface area (Å²) in [5, 5.41) is 10.3. The van der Waals surface area contributed by atoms with Gasteiger partial charge < -0.3 is 19.9 Å². The second-order valence-electron chi connectivity index (χ2n) is 5.91. The first kappa shape index (κ1) is 15.7. The van der Waals surface area contributed by atoms with Gasteiger partial charge in [0.15, 0.2) is 0 Å². The Balaban J connectivity index is 1.54. The highest BCUT2D eigenvalue weighted by Crippen LogP contribution is 2.28. The van der Waals surface area contributed by atoms with Crippen molar-refractivity contribution in [3.05, 3.63) is 41.8 Å². The molecule has 8 heteroatoms. The maximum Gasteiger partial charge on any atom is 0.407 e. The predicted molar refractivity (Wildman–Crippen MR) is 96.1 cm³/mol. The third kappa shape index (κ3) is 2.98. The molecule has 0 saturated carbocycles. The van der Waals surface area contributed by atoms with Gasteiger partial charge in [-0.15, -0.1) is 0 Å². The predicted octanol–water partition coefficient (Wildman–Crippen LogP) is 3.08. The summed E-state index contributed by atoms with van der Waals surface area (Å²) in [5.41, 5.74) is 3.76. The van der Waals surface area contributed by atoms with Crippen molar-refractivity contribution in [1.82, 2.24) is 19.9 Å². The van der Waals surface area contributed by atoms with Crippen LogP contribution in [0.1, 0.15) is 0 Å². The first-order valence-electron chi connectivity index (χ1n) is 7.94. The number of fused-ring (bicyclic) bond motifs is 1. The minimum atomic E-state index is -0.851. The van der Waals surface area contributed by atoms with Crippen LogP contribution in [0.2, 0.25) is 5.15 Å². The topological polar surface area (TPSA) is 85.3 Å². The van der Waals surface area contributed by atoms with Crippen LogP contribution in [0, 0.1) is 0 Å². The van der Waals surface area contributed by atoms with Crippen LogP contribution in [0.25, 0.3) is 22.3 Å². The summed E-state index contributed by atoms with van der Waals surface area (Å²) in [6.07, 6.45) is 0.584. The maximum absolute atomic E-state index is 11.0.